The number of aliphatic hydroxyl groups is 1. The number of anilines is 1. The largest absolute Gasteiger partial charge is 0.406 e. The first-order valence-corrected chi connectivity index (χ1v) is 4.48. The highest BCUT2D eigenvalue weighted by atomic mass is 16.6. The van der Waals surface area contributed by atoms with Crippen LogP contribution in [0, 0.1) is 10.1 Å². The normalized spacial score (nSPS) is 12.5. The van der Waals surface area contributed by atoms with Gasteiger partial charge in [0.2, 0.25) is 12.1 Å². The lowest BCUT2D eigenvalue weighted by Gasteiger charge is -2.19. The van der Waals surface area contributed by atoms with E-state index in [1.54, 1.807) is 30.5 Å². The molecule has 84 valence electrons. The van der Waals surface area contributed by atoms with Gasteiger partial charge < -0.3 is 20.1 Å². The van der Waals surface area contributed by atoms with Gasteiger partial charge in [-0.05, 0) is 16.8 Å². The number of nitro groups is 1. The highest BCUT2D eigenvalue weighted by Crippen LogP contribution is 2.24. The molecule has 0 aliphatic heterocycles. The van der Waals surface area contributed by atoms with Crippen molar-refractivity contribution in [2.45, 2.75) is 13.0 Å². The molecule has 0 aliphatic rings. The molecule has 0 radical (unpaired) electrons. The summed E-state index contributed by atoms with van der Waals surface area (Å²) >= 11 is 0. The van der Waals surface area contributed by atoms with Crippen LogP contribution >= 0.6 is 0 Å². The van der Waals surface area contributed by atoms with Gasteiger partial charge in [0.15, 0.2) is 0 Å². The van der Waals surface area contributed by atoms with Crippen molar-refractivity contribution < 1.29 is 10.0 Å². The standard InChI is InChI=1S/C8H14N4O3/c1-6(13)4-10(2)8-7(12(14)15)9-5-11(8)3/h5-6,13H,4H2,1-3H3. The molecule has 0 fully saturated rings. The van der Waals surface area contributed by atoms with Gasteiger partial charge >= 0.3 is 5.82 Å². The number of imidazole rings is 1. The third kappa shape index (κ3) is 2.44. The molecule has 0 saturated carbocycles. The van der Waals surface area contributed by atoms with E-state index in [0.29, 0.717) is 12.4 Å². The van der Waals surface area contributed by atoms with Crippen LogP contribution in [0.15, 0.2) is 6.33 Å². The summed E-state index contributed by atoms with van der Waals surface area (Å²) in [5, 5.41) is 19.9. The van der Waals surface area contributed by atoms with Crippen molar-refractivity contribution in [3.05, 3.63) is 16.4 Å². The Kier molecular flexibility index (Phi) is 3.25. The van der Waals surface area contributed by atoms with Crippen LogP contribution < -0.4 is 4.90 Å². The highest BCUT2D eigenvalue weighted by Gasteiger charge is 2.23. The van der Waals surface area contributed by atoms with Crippen molar-refractivity contribution in [1.29, 1.82) is 0 Å². The van der Waals surface area contributed by atoms with Crippen LogP contribution in [0.3, 0.4) is 0 Å². The number of hydrogen-bond acceptors (Lipinski definition) is 5. The summed E-state index contributed by atoms with van der Waals surface area (Å²) in [6.07, 6.45) is 0.830. The van der Waals surface area contributed by atoms with E-state index >= 15 is 0 Å². The second kappa shape index (κ2) is 4.26. The lowest BCUT2D eigenvalue weighted by Crippen LogP contribution is -2.28. The molecule has 15 heavy (non-hydrogen) atoms. The number of rotatable bonds is 4. The van der Waals surface area contributed by atoms with Crippen LogP contribution in [-0.4, -0.2) is 39.3 Å². The van der Waals surface area contributed by atoms with Crippen molar-refractivity contribution >= 4 is 11.6 Å². The summed E-state index contributed by atoms with van der Waals surface area (Å²) in [5.41, 5.74) is 0. The van der Waals surface area contributed by atoms with Crippen LogP contribution in [0.1, 0.15) is 6.92 Å². The van der Waals surface area contributed by atoms with E-state index in [1.807, 2.05) is 0 Å². The lowest BCUT2D eigenvalue weighted by atomic mass is 10.4. The fraction of sp³-hybridized carbons (Fsp3) is 0.625. The van der Waals surface area contributed by atoms with E-state index in [4.69, 9.17) is 0 Å². The molecule has 7 heteroatoms. The van der Waals surface area contributed by atoms with Gasteiger partial charge in [-0.25, -0.2) is 0 Å². The predicted molar refractivity (Wildman–Crippen MR) is 54.8 cm³/mol. The van der Waals surface area contributed by atoms with Gasteiger partial charge in [-0.1, -0.05) is 0 Å². The van der Waals surface area contributed by atoms with E-state index < -0.39 is 11.0 Å². The van der Waals surface area contributed by atoms with Crippen molar-refractivity contribution in [3.63, 3.8) is 0 Å². The van der Waals surface area contributed by atoms with E-state index in [1.165, 1.54) is 6.33 Å². The number of hydrogen-bond donors (Lipinski definition) is 1. The Morgan fingerprint density at radius 1 is 1.80 bits per heavy atom. The average molecular weight is 214 g/mol. The molecule has 0 amide bonds. The minimum Gasteiger partial charge on any atom is -0.392 e. The van der Waals surface area contributed by atoms with Crippen LogP contribution in [-0.2, 0) is 7.05 Å². The van der Waals surface area contributed by atoms with Crippen molar-refractivity contribution in [2.24, 2.45) is 7.05 Å². The molecule has 0 bridgehead atoms. The van der Waals surface area contributed by atoms with E-state index in [-0.39, 0.29) is 5.82 Å². The summed E-state index contributed by atoms with van der Waals surface area (Å²) in [4.78, 5) is 15.4. The Morgan fingerprint density at radius 2 is 2.40 bits per heavy atom. The van der Waals surface area contributed by atoms with Crippen molar-refractivity contribution in [1.82, 2.24) is 9.55 Å². The first-order valence-electron chi connectivity index (χ1n) is 4.48. The monoisotopic (exact) mass is 214 g/mol. The molecule has 0 spiro atoms. The smallest absolute Gasteiger partial charge is 0.392 e. The number of aryl methyl sites for hydroxylation is 1. The lowest BCUT2D eigenvalue weighted by molar-refractivity contribution is -0.388. The Balaban J connectivity index is 3.00. The quantitative estimate of drug-likeness (QED) is 0.569. The molecular formula is C8H14N4O3. The van der Waals surface area contributed by atoms with E-state index in [0.717, 1.165) is 0 Å². The highest BCUT2D eigenvalue weighted by molar-refractivity contribution is 5.53. The molecule has 1 unspecified atom stereocenters. The zero-order valence-electron chi connectivity index (χ0n) is 8.91. The van der Waals surface area contributed by atoms with E-state index in [9.17, 15) is 15.2 Å². The maximum atomic E-state index is 10.7. The number of likely N-dealkylation sites (N-methyl/N-ethyl adjacent to an activating group) is 1. The fourth-order valence-electron chi connectivity index (χ4n) is 1.46. The third-order valence-electron chi connectivity index (χ3n) is 1.96. The average Bonchev–Trinajstić information content (AvgIpc) is 2.45. The number of nitrogens with zero attached hydrogens (tertiary/aromatic N) is 4. The molecule has 0 aromatic carbocycles. The minimum absolute atomic E-state index is 0.194. The summed E-state index contributed by atoms with van der Waals surface area (Å²) in [5.74, 6) is 0.196. The summed E-state index contributed by atoms with van der Waals surface area (Å²) in [7, 11) is 3.35. The predicted octanol–water partition coefficient (Wildman–Crippen LogP) is 0.145. The van der Waals surface area contributed by atoms with Gasteiger partial charge in [0.1, 0.15) is 0 Å². The van der Waals surface area contributed by atoms with Crippen molar-refractivity contribution in [3.8, 4) is 0 Å². The van der Waals surface area contributed by atoms with E-state index in [2.05, 4.69) is 4.98 Å². The Labute approximate surface area is 87.1 Å². The molecule has 1 rings (SSSR count). The molecule has 0 saturated heterocycles. The van der Waals surface area contributed by atoms with Gasteiger partial charge in [-0.3, -0.25) is 4.57 Å². The molecule has 1 aromatic heterocycles. The van der Waals surface area contributed by atoms with Gasteiger partial charge in [-0.2, -0.15) is 0 Å². The van der Waals surface area contributed by atoms with Crippen LogP contribution in [0.5, 0.6) is 0 Å². The molecule has 0 aliphatic carbocycles. The molecule has 1 atom stereocenters. The van der Waals surface area contributed by atoms with Crippen LogP contribution in [0.2, 0.25) is 0 Å². The molecular weight excluding hydrogens is 200 g/mol. The molecule has 7 nitrogen and oxygen atoms in total. The van der Waals surface area contributed by atoms with Gasteiger partial charge in [0.05, 0.1) is 6.10 Å². The Bertz CT molecular complexity index is 361. The summed E-state index contributed by atoms with van der Waals surface area (Å²) < 4.78 is 1.56. The maximum Gasteiger partial charge on any atom is 0.406 e. The van der Waals surface area contributed by atoms with Crippen LogP contribution in [0.4, 0.5) is 11.6 Å². The zero-order valence-corrected chi connectivity index (χ0v) is 8.91. The van der Waals surface area contributed by atoms with Crippen LogP contribution in [0.25, 0.3) is 0 Å². The third-order valence-corrected chi connectivity index (χ3v) is 1.96. The topological polar surface area (TPSA) is 84.4 Å². The molecule has 1 aromatic rings. The second-order valence-electron chi connectivity index (χ2n) is 3.49. The van der Waals surface area contributed by atoms with Gasteiger partial charge in [0.25, 0.3) is 0 Å². The minimum atomic E-state index is -0.551. The first-order chi connectivity index (χ1) is 6.93. The fourth-order valence-corrected chi connectivity index (χ4v) is 1.46. The SMILES string of the molecule is CC(O)CN(C)c1c([N+](=O)[O-])ncn1C. The molecule has 1 heterocycles. The zero-order chi connectivity index (χ0) is 11.6. The van der Waals surface area contributed by atoms with Gasteiger partial charge in [0, 0.05) is 20.6 Å². The summed E-state index contributed by atoms with van der Waals surface area (Å²) in [6, 6.07) is 0. The number of aromatic nitrogens is 2. The maximum absolute atomic E-state index is 10.7. The Hall–Kier alpha value is -1.63. The first kappa shape index (κ1) is 11.4. The number of aliphatic hydroxyl groups excluding tert-OH is 1. The van der Waals surface area contributed by atoms with Gasteiger partial charge in [-0.15, -0.1) is 0 Å². The molecule has 1 N–H and O–H groups in total. The van der Waals surface area contributed by atoms with Crippen molar-refractivity contribution in [2.75, 3.05) is 18.5 Å². The second-order valence-corrected chi connectivity index (χ2v) is 3.49. The Morgan fingerprint density at radius 3 is 2.87 bits per heavy atom. The summed E-state index contributed by atoms with van der Waals surface area (Å²) in [6.45, 7) is 1.94.